The zero-order chi connectivity index (χ0) is 23.8. The van der Waals surface area contributed by atoms with Gasteiger partial charge in [-0.2, -0.15) is 0 Å². The summed E-state index contributed by atoms with van der Waals surface area (Å²) in [5.41, 5.74) is 1.97. The maximum absolute atomic E-state index is 12.6. The lowest BCUT2D eigenvalue weighted by Crippen LogP contribution is -2.49. The number of esters is 1. The van der Waals surface area contributed by atoms with Crippen LogP contribution in [0.4, 0.5) is 10.5 Å². The van der Waals surface area contributed by atoms with Crippen molar-refractivity contribution >= 4 is 23.6 Å². The molecule has 0 saturated carbocycles. The molecule has 180 valence electrons. The van der Waals surface area contributed by atoms with Crippen molar-refractivity contribution in [3.8, 4) is 0 Å². The van der Waals surface area contributed by atoms with Crippen molar-refractivity contribution in [1.82, 2.24) is 14.7 Å². The highest BCUT2D eigenvalue weighted by atomic mass is 16.5. The molecule has 0 spiro atoms. The molecule has 0 bridgehead atoms. The van der Waals surface area contributed by atoms with Gasteiger partial charge in [-0.1, -0.05) is 48.5 Å². The number of nitrogens with one attached hydrogen (secondary N) is 1. The summed E-state index contributed by atoms with van der Waals surface area (Å²) in [7, 11) is 0. The number of anilines is 1. The summed E-state index contributed by atoms with van der Waals surface area (Å²) in [4.78, 5) is 43.5. The quantitative estimate of drug-likeness (QED) is 0.665. The fourth-order valence-corrected chi connectivity index (χ4v) is 4.42. The van der Waals surface area contributed by atoms with Gasteiger partial charge < -0.3 is 19.9 Å². The third-order valence-corrected chi connectivity index (χ3v) is 6.38. The van der Waals surface area contributed by atoms with Crippen LogP contribution in [0, 0.1) is 5.92 Å². The normalized spacial score (nSPS) is 18.9. The standard InChI is InChI=1S/C26H32N4O4/c31-24(29-16-14-28(15-17-29)18-21-8-3-1-4-9-21)20-34-25(32)22-10-7-13-30(19-22)26(33)27-23-11-5-2-6-12-23/h1-6,8-9,11-12,22H,7,10,13-20H2,(H,27,33). The molecule has 2 fully saturated rings. The number of piperazine rings is 1. The molecule has 2 aliphatic rings. The van der Waals surface area contributed by atoms with Gasteiger partial charge in [0.1, 0.15) is 0 Å². The number of rotatable bonds is 6. The second-order valence-corrected chi connectivity index (χ2v) is 8.83. The summed E-state index contributed by atoms with van der Waals surface area (Å²) in [6.07, 6.45) is 1.37. The molecule has 2 aromatic carbocycles. The highest BCUT2D eigenvalue weighted by molar-refractivity contribution is 5.90. The minimum absolute atomic E-state index is 0.165. The van der Waals surface area contributed by atoms with Crippen LogP contribution in [0.2, 0.25) is 0 Å². The van der Waals surface area contributed by atoms with Gasteiger partial charge in [-0.3, -0.25) is 14.5 Å². The number of benzene rings is 2. The van der Waals surface area contributed by atoms with Gasteiger partial charge in [0.15, 0.2) is 6.61 Å². The Bertz CT molecular complexity index is 961. The van der Waals surface area contributed by atoms with Crippen molar-refractivity contribution in [2.75, 3.05) is 51.2 Å². The highest BCUT2D eigenvalue weighted by Gasteiger charge is 2.30. The van der Waals surface area contributed by atoms with Crippen LogP contribution < -0.4 is 5.32 Å². The molecule has 2 saturated heterocycles. The second kappa shape index (κ2) is 11.7. The Hall–Kier alpha value is -3.39. The zero-order valence-electron chi connectivity index (χ0n) is 19.4. The fourth-order valence-electron chi connectivity index (χ4n) is 4.42. The number of piperidine rings is 1. The van der Waals surface area contributed by atoms with E-state index in [9.17, 15) is 14.4 Å². The molecular weight excluding hydrogens is 432 g/mol. The van der Waals surface area contributed by atoms with Gasteiger partial charge in [-0.15, -0.1) is 0 Å². The lowest BCUT2D eigenvalue weighted by Gasteiger charge is -2.35. The van der Waals surface area contributed by atoms with Gasteiger partial charge in [-0.05, 0) is 30.5 Å². The second-order valence-electron chi connectivity index (χ2n) is 8.83. The lowest BCUT2D eigenvalue weighted by atomic mass is 9.98. The van der Waals surface area contributed by atoms with E-state index in [4.69, 9.17) is 4.74 Å². The Morgan fingerprint density at radius 3 is 2.24 bits per heavy atom. The average Bonchev–Trinajstić information content (AvgIpc) is 2.89. The average molecular weight is 465 g/mol. The number of hydrogen-bond acceptors (Lipinski definition) is 5. The molecule has 0 aliphatic carbocycles. The summed E-state index contributed by atoms with van der Waals surface area (Å²) in [6, 6.07) is 19.3. The van der Waals surface area contributed by atoms with E-state index in [1.54, 1.807) is 9.80 Å². The van der Waals surface area contributed by atoms with Crippen LogP contribution in [-0.4, -0.2) is 78.5 Å². The van der Waals surface area contributed by atoms with E-state index in [2.05, 4.69) is 22.3 Å². The Morgan fingerprint density at radius 2 is 1.53 bits per heavy atom. The van der Waals surface area contributed by atoms with Crippen LogP contribution in [0.5, 0.6) is 0 Å². The fraction of sp³-hybridized carbons (Fsp3) is 0.423. The van der Waals surface area contributed by atoms with E-state index < -0.39 is 11.9 Å². The molecule has 0 aromatic heterocycles. The first kappa shape index (κ1) is 23.8. The van der Waals surface area contributed by atoms with Crippen molar-refractivity contribution in [1.29, 1.82) is 0 Å². The van der Waals surface area contributed by atoms with Gasteiger partial charge in [0, 0.05) is 51.5 Å². The lowest BCUT2D eigenvalue weighted by molar-refractivity contribution is -0.157. The zero-order valence-corrected chi connectivity index (χ0v) is 19.4. The SMILES string of the molecule is O=C(OCC(=O)N1CCN(Cc2ccccc2)CC1)C1CCCN(C(=O)Nc2ccccc2)C1. The molecule has 34 heavy (non-hydrogen) atoms. The van der Waals surface area contributed by atoms with Crippen molar-refractivity contribution in [2.24, 2.45) is 5.92 Å². The number of amides is 3. The summed E-state index contributed by atoms with van der Waals surface area (Å²) in [5.74, 6) is -0.985. The Kier molecular flexibility index (Phi) is 8.14. The van der Waals surface area contributed by atoms with Crippen molar-refractivity contribution < 1.29 is 19.1 Å². The first-order valence-corrected chi connectivity index (χ1v) is 11.9. The maximum atomic E-state index is 12.6. The van der Waals surface area contributed by atoms with Gasteiger partial charge in [0.25, 0.3) is 5.91 Å². The Balaban J connectivity index is 1.18. The third kappa shape index (κ3) is 6.57. The highest BCUT2D eigenvalue weighted by Crippen LogP contribution is 2.19. The van der Waals surface area contributed by atoms with E-state index in [1.807, 2.05) is 48.5 Å². The van der Waals surface area contributed by atoms with Crippen LogP contribution in [0.1, 0.15) is 18.4 Å². The van der Waals surface area contributed by atoms with Gasteiger partial charge >= 0.3 is 12.0 Å². The first-order valence-electron chi connectivity index (χ1n) is 11.9. The van der Waals surface area contributed by atoms with Crippen molar-refractivity contribution in [3.05, 3.63) is 66.2 Å². The van der Waals surface area contributed by atoms with Crippen LogP contribution in [0.15, 0.2) is 60.7 Å². The molecule has 1 N–H and O–H groups in total. The number of urea groups is 1. The summed E-state index contributed by atoms with van der Waals surface area (Å²) < 4.78 is 5.36. The van der Waals surface area contributed by atoms with Crippen LogP contribution in [0.25, 0.3) is 0 Å². The molecule has 2 aliphatic heterocycles. The number of carbonyl (C=O) groups excluding carboxylic acids is 3. The molecule has 4 rings (SSSR count). The molecule has 1 unspecified atom stereocenters. The minimum atomic E-state index is -0.411. The predicted octanol–water partition coefficient (Wildman–Crippen LogP) is 2.82. The molecular formula is C26H32N4O4. The Morgan fingerprint density at radius 1 is 0.853 bits per heavy atom. The van der Waals surface area contributed by atoms with Gasteiger partial charge in [0.2, 0.25) is 0 Å². The molecule has 3 amide bonds. The van der Waals surface area contributed by atoms with Gasteiger partial charge in [-0.25, -0.2) is 4.79 Å². The molecule has 0 radical (unpaired) electrons. The summed E-state index contributed by atoms with van der Waals surface area (Å²) in [6.45, 7) is 4.35. The summed E-state index contributed by atoms with van der Waals surface area (Å²) in [5, 5.41) is 2.85. The third-order valence-electron chi connectivity index (χ3n) is 6.38. The summed E-state index contributed by atoms with van der Waals surface area (Å²) >= 11 is 0. The van der Waals surface area contributed by atoms with Crippen LogP contribution >= 0.6 is 0 Å². The van der Waals surface area contributed by atoms with Gasteiger partial charge in [0.05, 0.1) is 5.92 Å². The maximum Gasteiger partial charge on any atom is 0.321 e. The van der Waals surface area contributed by atoms with E-state index in [0.717, 1.165) is 26.1 Å². The van der Waals surface area contributed by atoms with Crippen LogP contribution in [-0.2, 0) is 20.9 Å². The predicted molar refractivity (Wildman–Crippen MR) is 129 cm³/mol. The minimum Gasteiger partial charge on any atom is -0.455 e. The number of hydrogen-bond donors (Lipinski definition) is 1. The van der Waals surface area contributed by atoms with E-state index in [-0.39, 0.29) is 18.5 Å². The number of ether oxygens (including phenoxy) is 1. The number of carbonyl (C=O) groups is 3. The van der Waals surface area contributed by atoms with Crippen molar-refractivity contribution in [2.45, 2.75) is 19.4 Å². The molecule has 2 aromatic rings. The van der Waals surface area contributed by atoms with E-state index >= 15 is 0 Å². The monoisotopic (exact) mass is 464 g/mol. The van der Waals surface area contributed by atoms with E-state index in [0.29, 0.717) is 38.3 Å². The largest absolute Gasteiger partial charge is 0.455 e. The number of para-hydroxylation sites is 1. The smallest absolute Gasteiger partial charge is 0.321 e. The molecule has 8 heteroatoms. The van der Waals surface area contributed by atoms with E-state index in [1.165, 1.54) is 5.56 Å². The number of nitrogens with zero attached hydrogens (tertiary/aromatic N) is 3. The molecule has 1 atom stereocenters. The first-order chi connectivity index (χ1) is 16.6. The molecule has 2 heterocycles. The van der Waals surface area contributed by atoms with Crippen molar-refractivity contribution in [3.63, 3.8) is 0 Å². The number of likely N-dealkylation sites (tertiary alicyclic amines) is 1. The van der Waals surface area contributed by atoms with Crippen LogP contribution in [0.3, 0.4) is 0 Å². The topological polar surface area (TPSA) is 82.2 Å². The molecule has 8 nitrogen and oxygen atoms in total. The Labute approximate surface area is 200 Å².